The first kappa shape index (κ1) is 13.7. The van der Waals surface area contributed by atoms with Crippen LogP contribution in [0.4, 0.5) is 0 Å². The minimum absolute atomic E-state index is 0.0611. The van der Waals surface area contributed by atoms with Gasteiger partial charge >= 0.3 is 5.97 Å². The minimum Gasteiger partial charge on any atom is -0.480 e. The molecule has 17 heavy (non-hydrogen) atoms. The van der Waals surface area contributed by atoms with E-state index >= 15 is 0 Å². The van der Waals surface area contributed by atoms with Crippen molar-refractivity contribution in [1.82, 2.24) is 5.32 Å². The van der Waals surface area contributed by atoms with Gasteiger partial charge in [0.05, 0.1) is 6.61 Å². The first-order valence-corrected chi connectivity index (χ1v) is 5.84. The second-order valence-corrected chi connectivity index (χ2v) is 4.28. The van der Waals surface area contributed by atoms with Crippen molar-refractivity contribution in [3.05, 3.63) is 12.7 Å². The van der Waals surface area contributed by atoms with Crippen molar-refractivity contribution < 1.29 is 19.4 Å². The van der Waals surface area contributed by atoms with Gasteiger partial charge in [0.2, 0.25) is 5.91 Å². The average molecular weight is 241 g/mol. The van der Waals surface area contributed by atoms with E-state index in [9.17, 15) is 9.59 Å². The van der Waals surface area contributed by atoms with Gasteiger partial charge in [-0.1, -0.05) is 6.08 Å². The molecule has 0 saturated heterocycles. The number of amides is 1. The highest BCUT2D eigenvalue weighted by atomic mass is 16.5. The summed E-state index contributed by atoms with van der Waals surface area (Å²) >= 11 is 0. The molecule has 0 aromatic rings. The van der Waals surface area contributed by atoms with Crippen LogP contribution in [0.25, 0.3) is 0 Å². The molecule has 0 heterocycles. The van der Waals surface area contributed by atoms with Crippen molar-refractivity contribution in [3.63, 3.8) is 0 Å². The van der Waals surface area contributed by atoms with Crippen LogP contribution in [0.3, 0.4) is 0 Å². The van der Waals surface area contributed by atoms with Crippen LogP contribution in [0.15, 0.2) is 12.7 Å². The largest absolute Gasteiger partial charge is 0.480 e. The molecule has 96 valence electrons. The Kier molecular flexibility index (Phi) is 5.69. The zero-order chi connectivity index (χ0) is 12.7. The summed E-state index contributed by atoms with van der Waals surface area (Å²) in [6.07, 6.45) is 4.87. The SMILES string of the molecule is C=CCCC(NC(=O)COCC1CC1)C(=O)O. The molecule has 1 aliphatic rings. The lowest BCUT2D eigenvalue weighted by molar-refractivity contribution is -0.142. The maximum absolute atomic E-state index is 11.4. The summed E-state index contributed by atoms with van der Waals surface area (Å²) in [6.45, 7) is 4.05. The number of aliphatic carboxylic acids is 1. The molecule has 1 fully saturated rings. The molecule has 0 aromatic carbocycles. The van der Waals surface area contributed by atoms with Crippen LogP contribution in [0, 0.1) is 5.92 Å². The second-order valence-electron chi connectivity index (χ2n) is 4.28. The molecule has 0 aliphatic heterocycles. The Morgan fingerprint density at radius 1 is 1.53 bits per heavy atom. The lowest BCUT2D eigenvalue weighted by atomic mass is 10.1. The lowest BCUT2D eigenvalue weighted by Crippen LogP contribution is -2.42. The van der Waals surface area contributed by atoms with Crippen LogP contribution >= 0.6 is 0 Å². The molecule has 5 heteroatoms. The molecule has 1 rings (SSSR count). The van der Waals surface area contributed by atoms with Crippen LogP contribution in [-0.2, 0) is 14.3 Å². The maximum atomic E-state index is 11.4. The molecule has 1 aliphatic carbocycles. The topological polar surface area (TPSA) is 75.6 Å². The van der Waals surface area contributed by atoms with Crippen molar-refractivity contribution in [3.8, 4) is 0 Å². The van der Waals surface area contributed by atoms with E-state index in [1.54, 1.807) is 6.08 Å². The molecule has 1 atom stereocenters. The van der Waals surface area contributed by atoms with Gasteiger partial charge < -0.3 is 15.2 Å². The number of carboxylic acids is 1. The van der Waals surface area contributed by atoms with Crippen molar-refractivity contribution in [2.24, 2.45) is 5.92 Å². The van der Waals surface area contributed by atoms with Gasteiger partial charge in [-0.15, -0.1) is 6.58 Å². The zero-order valence-electron chi connectivity index (χ0n) is 9.85. The third-order valence-corrected chi connectivity index (χ3v) is 2.58. The number of hydrogen-bond acceptors (Lipinski definition) is 3. The minimum atomic E-state index is -1.03. The smallest absolute Gasteiger partial charge is 0.326 e. The quantitative estimate of drug-likeness (QED) is 0.589. The first-order valence-electron chi connectivity index (χ1n) is 5.84. The Hall–Kier alpha value is -1.36. The summed E-state index contributed by atoms with van der Waals surface area (Å²) in [5.74, 6) is -0.802. The van der Waals surface area contributed by atoms with Gasteiger partial charge in [0.15, 0.2) is 0 Å². The van der Waals surface area contributed by atoms with Crippen molar-refractivity contribution >= 4 is 11.9 Å². The Morgan fingerprint density at radius 3 is 2.76 bits per heavy atom. The molecule has 1 amide bonds. The number of allylic oxidation sites excluding steroid dienone is 1. The molecule has 0 spiro atoms. The van der Waals surface area contributed by atoms with Gasteiger partial charge in [0, 0.05) is 0 Å². The Morgan fingerprint density at radius 2 is 2.24 bits per heavy atom. The van der Waals surface area contributed by atoms with Gasteiger partial charge in [0.25, 0.3) is 0 Å². The predicted octanol–water partition coefficient (Wildman–Crippen LogP) is 0.949. The molecular formula is C12H19NO4. The number of nitrogens with one attached hydrogen (secondary N) is 1. The fourth-order valence-electron chi connectivity index (χ4n) is 1.38. The third-order valence-electron chi connectivity index (χ3n) is 2.58. The third kappa shape index (κ3) is 6.06. The molecule has 1 unspecified atom stereocenters. The van der Waals surface area contributed by atoms with Gasteiger partial charge in [-0.25, -0.2) is 4.79 Å². The number of carbonyl (C=O) groups is 2. The highest BCUT2D eigenvalue weighted by Crippen LogP contribution is 2.28. The van der Waals surface area contributed by atoms with Crippen molar-refractivity contribution in [2.75, 3.05) is 13.2 Å². The van der Waals surface area contributed by atoms with Crippen LogP contribution in [0.1, 0.15) is 25.7 Å². The van der Waals surface area contributed by atoms with Crippen LogP contribution in [0.2, 0.25) is 0 Å². The lowest BCUT2D eigenvalue weighted by Gasteiger charge is -2.13. The Balaban J connectivity index is 2.18. The van der Waals surface area contributed by atoms with E-state index in [2.05, 4.69) is 11.9 Å². The normalized spacial score (nSPS) is 16.2. The molecule has 1 saturated carbocycles. The van der Waals surface area contributed by atoms with E-state index in [0.717, 1.165) is 0 Å². The summed E-state index contributed by atoms with van der Waals surface area (Å²) in [5, 5.41) is 11.3. The van der Waals surface area contributed by atoms with E-state index < -0.39 is 12.0 Å². The molecule has 0 radical (unpaired) electrons. The molecule has 0 aromatic heterocycles. The fourth-order valence-corrected chi connectivity index (χ4v) is 1.38. The monoisotopic (exact) mass is 241 g/mol. The van der Waals surface area contributed by atoms with Crippen LogP contribution < -0.4 is 5.32 Å². The molecule has 5 nitrogen and oxygen atoms in total. The number of carbonyl (C=O) groups excluding carboxylic acids is 1. The zero-order valence-corrected chi connectivity index (χ0v) is 9.85. The van der Waals surface area contributed by atoms with E-state index in [1.165, 1.54) is 12.8 Å². The number of ether oxygens (including phenoxy) is 1. The summed E-state index contributed by atoms with van der Waals surface area (Å²) in [4.78, 5) is 22.2. The number of carboxylic acid groups (broad SMARTS) is 1. The van der Waals surface area contributed by atoms with Crippen molar-refractivity contribution in [2.45, 2.75) is 31.7 Å². The van der Waals surface area contributed by atoms with Crippen LogP contribution in [-0.4, -0.2) is 36.2 Å². The highest BCUT2D eigenvalue weighted by molar-refractivity contribution is 5.84. The van der Waals surface area contributed by atoms with E-state index in [0.29, 0.717) is 25.4 Å². The number of rotatable bonds is 9. The van der Waals surface area contributed by atoms with Gasteiger partial charge in [-0.3, -0.25) is 4.79 Å². The van der Waals surface area contributed by atoms with E-state index in [-0.39, 0.29) is 12.5 Å². The second kappa shape index (κ2) is 7.06. The van der Waals surface area contributed by atoms with Crippen LogP contribution in [0.5, 0.6) is 0 Å². The van der Waals surface area contributed by atoms with Gasteiger partial charge in [-0.05, 0) is 31.6 Å². The summed E-state index contributed by atoms with van der Waals surface area (Å²) in [6, 6.07) is -0.856. The fraction of sp³-hybridized carbons (Fsp3) is 0.667. The Bertz CT molecular complexity index is 286. The molecular weight excluding hydrogens is 222 g/mol. The van der Waals surface area contributed by atoms with E-state index in [1.807, 2.05) is 0 Å². The van der Waals surface area contributed by atoms with Gasteiger partial charge in [0.1, 0.15) is 12.6 Å². The standard InChI is InChI=1S/C12H19NO4/c1-2-3-4-10(12(15)16)13-11(14)8-17-7-9-5-6-9/h2,9-10H,1,3-8H2,(H,13,14)(H,15,16). The summed E-state index contributed by atoms with van der Waals surface area (Å²) < 4.78 is 5.18. The summed E-state index contributed by atoms with van der Waals surface area (Å²) in [5.41, 5.74) is 0. The Labute approximate surface area is 101 Å². The average Bonchev–Trinajstić information content (AvgIpc) is 3.07. The predicted molar refractivity (Wildman–Crippen MR) is 62.5 cm³/mol. The van der Waals surface area contributed by atoms with Crippen molar-refractivity contribution in [1.29, 1.82) is 0 Å². The maximum Gasteiger partial charge on any atom is 0.326 e. The molecule has 2 N–H and O–H groups in total. The number of hydrogen-bond donors (Lipinski definition) is 2. The van der Waals surface area contributed by atoms with Gasteiger partial charge in [-0.2, -0.15) is 0 Å². The first-order chi connectivity index (χ1) is 8.13. The summed E-state index contributed by atoms with van der Waals surface area (Å²) in [7, 11) is 0. The van der Waals surface area contributed by atoms with E-state index in [4.69, 9.17) is 9.84 Å². The molecule has 0 bridgehead atoms. The highest BCUT2D eigenvalue weighted by Gasteiger charge is 2.22.